The van der Waals surface area contributed by atoms with Gasteiger partial charge >= 0.3 is 0 Å². The molecule has 2 aromatic carbocycles. The van der Waals surface area contributed by atoms with Crippen molar-refractivity contribution >= 4 is 29.5 Å². The Morgan fingerprint density at radius 1 is 1.11 bits per heavy atom. The Kier molecular flexibility index (Phi) is 5.46. The van der Waals surface area contributed by atoms with Gasteiger partial charge in [0.05, 0.1) is 5.69 Å². The van der Waals surface area contributed by atoms with Crippen LogP contribution >= 0.6 is 0 Å². The van der Waals surface area contributed by atoms with Crippen LogP contribution in [0.25, 0.3) is 6.08 Å². The summed E-state index contributed by atoms with van der Waals surface area (Å²) in [6.07, 6.45) is 2.38. The summed E-state index contributed by atoms with van der Waals surface area (Å²) in [6, 6.07) is 12.8. The van der Waals surface area contributed by atoms with Crippen molar-refractivity contribution in [1.29, 1.82) is 0 Å². The molecule has 27 heavy (non-hydrogen) atoms. The second kappa shape index (κ2) is 8.13. The number of hydrogen-bond acceptors (Lipinski definition) is 4. The van der Waals surface area contributed by atoms with Gasteiger partial charge < -0.3 is 4.74 Å². The van der Waals surface area contributed by atoms with E-state index in [1.165, 1.54) is 29.2 Å². The highest BCUT2D eigenvalue weighted by Crippen LogP contribution is 2.31. The van der Waals surface area contributed by atoms with E-state index in [4.69, 9.17) is 4.74 Å². The summed E-state index contributed by atoms with van der Waals surface area (Å²) in [7, 11) is 0. The van der Waals surface area contributed by atoms with E-state index in [1.807, 2.05) is 0 Å². The maximum absolute atomic E-state index is 13.5. The quantitative estimate of drug-likeness (QED) is 0.630. The van der Waals surface area contributed by atoms with E-state index in [0.717, 1.165) is 6.08 Å². The first kappa shape index (κ1) is 18.1. The molecule has 0 aliphatic carbocycles. The van der Waals surface area contributed by atoms with Crippen LogP contribution in [-0.2, 0) is 14.4 Å². The van der Waals surface area contributed by atoms with Crippen LogP contribution in [0, 0.1) is 5.82 Å². The van der Waals surface area contributed by atoms with Crippen LogP contribution in [0.1, 0.15) is 5.56 Å². The van der Waals surface area contributed by atoms with Crippen molar-refractivity contribution in [3.63, 3.8) is 0 Å². The Labute approximate surface area is 154 Å². The van der Waals surface area contributed by atoms with Gasteiger partial charge in [-0.05, 0) is 24.3 Å². The Hall–Kier alpha value is -3.68. The molecule has 2 N–H and O–H groups in total. The van der Waals surface area contributed by atoms with Crippen LogP contribution in [0.5, 0.6) is 5.75 Å². The highest BCUT2D eigenvalue weighted by molar-refractivity contribution is 6.02. The predicted molar refractivity (Wildman–Crippen MR) is 96.0 cm³/mol. The molecule has 0 saturated carbocycles. The molecule has 0 atom stereocenters. The molecule has 0 spiro atoms. The van der Waals surface area contributed by atoms with E-state index in [0.29, 0.717) is 11.4 Å². The molecule has 0 fully saturated rings. The van der Waals surface area contributed by atoms with Crippen molar-refractivity contribution in [2.75, 3.05) is 18.1 Å². The minimum atomic E-state index is -0.639. The van der Waals surface area contributed by atoms with Gasteiger partial charge in [-0.3, -0.25) is 30.1 Å². The molecule has 1 heterocycles. The molecule has 0 aromatic heterocycles. The molecule has 0 unspecified atom stereocenters. The van der Waals surface area contributed by atoms with E-state index < -0.39 is 17.6 Å². The summed E-state index contributed by atoms with van der Waals surface area (Å²) in [6.45, 7) is -0.446. The van der Waals surface area contributed by atoms with Crippen molar-refractivity contribution in [3.05, 3.63) is 66.0 Å². The zero-order chi connectivity index (χ0) is 19.2. The number of nitrogens with one attached hydrogen (secondary N) is 2. The van der Waals surface area contributed by atoms with Gasteiger partial charge in [0.1, 0.15) is 18.1 Å². The van der Waals surface area contributed by atoms with Gasteiger partial charge in [0.2, 0.25) is 0 Å². The topological polar surface area (TPSA) is 87.7 Å². The van der Waals surface area contributed by atoms with Gasteiger partial charge in [-0.15, -0.1) is 0 Å². The summed E-state index contributed by atoms with van der Waals surface area (Å²) in [4.78, 5) is 37.1. The lowest BCUT2D eigenvalue weighted by molar-refractivity contribution is -0.127. The number of hydrogen-bond donors (Lipinski definition) is 2. The monoisotopic (exact) mass is 369 g/mol. The molecule has 138 valence electrons. The number of nitrogens with zero attached hydrogens (tertiary/aromatic N) is 1. The third kappa shape index (κ3) is 4.49. The number of halogens is 1. The maximum atomic E-state index is 13.5. The molecule has 3 amide bonds. The summed E-state index contributed by atoms with van der Waals surface area (Å²) in [5.41, 5.74) is 5.12. The smallest absolute Gasteiger partial charge is 0.265 e. The Balaban J connectivity index is 1.55. The van der Waals surface area contributed by atoms with Crippen LogP contribution in [0.15, 0.2) is 54.6 Å². The van der Waals surface area contributed by atoms with Gasteiger partial charge in [0.25, 0.3) is 17.7 Å². The normalized spacial score (nSPS) is 13.1. The standard InChI is InChI=1S/C19H16FN3O4/c20-14-6-2-1-5-13(14)9-10-17(24)21-22-18(25)11-23-15-7-3-4-8-16(15)27-12-19(23)26/h1-10H,11-12H2,(H,21,24)(H,22,25)/b10-9+. The first-order chi connectivity index (χ1) is 13.0. The number of rotatable bonds is 4. The van der Waals surface area contributed by atoms with Crippen LogP contribution < -0.4 is 20.5 Å². The molecular formula is C19H16FN3O4. The summed E-state index contributed by atoms with van der Waals surface area (Å²) in [5, 5.41) is 0. The van der Waals surface area contributed by atoms with E-state index in [1.54, 1.807) is 30.3 Å². The molecule has 2 aromatic rings. The van der Waals surface area contributed by atoms with Crippen LogP contribution in [0.3, 0.4) is 0 Å². The fourth-order valence-corrected chi connectivity index (χ4v) is 2.46. The SMILES string of the molecule is O=C(/C=C/c1ccccc1F)NNC(=O)CN1C(=O)COc2ccccc21. The number of amides is 3. The number of para-hydroxylation sites is 2. The van der Waals surface area contributed by atoms with E-state index in [-0.39, 0.29) is 24.6 Å². The Bertz CT molecular complexity index is 913. The number of hydrazine groups is 1. The molecule has 3 rings (SSSR count). The van der Waals surface area contributed by atoms with Crippen molar-refractivity contribution in [3.8, 4) is 5.75 Å². The molecule has 1 aliphatic heterocycles. The Morgan fingerprint density at radius 3 is 2.67 bits per heavy atom. The summed E-state index contributed by atoms with van der Waals surface area (Å²) in [5.74, 6) is -1.56. The molecule has 8 heteroatoms. The van der Waals surface area contributed by atoms with Gasteiger partial charge in [-0.1, -0.05) is 30.3 Å². The predicted octanol–water partition coefficient (Wildman–Crippen LogP) is 1.41. The Morgan fingerprint density at radius 2 is 1.85 bits per heavy atom. The second-order valence-corrected chi connectivity index (χ2v) is 5.63. The average Bonchev–Trinajstić information content (AvgIpc) is 2.68. The molecule has 0 radical (unpaired) electrons. The van der Waals surface area contributed by atoms with Crippen LogP contribution in [-0.4, -0.2) is 30.9 Å². The minimum absolute atomic E-state index is 0.165. The van der Waals surface area contributed by atoms with Crippen molar-refractivity contribution in [2.24, 2.45) is 0 Å². The molecule has 0 saturated heterocycles. The number of benzene rings is 2. The molecule has 7 nitrogen and oxygen atoms in total. The highest BCUT2D eigenvalue weighted by Gasteiger charge is 2.26. The molecule has 1 aliphatic rings. The van der Waals surface area contributed by atoms with E-state index >= 15 is 0 Å². The summed E-state index contributed by atoms with van der Waals surface area (Å²) >= 11 is 0. The van der Waals surface area contributed by atoms with E-state index in [9.17, 15) is 18.8 Å². The van der Waals surface area contributed by atoms with Gasteiger partial charge in [0.15, 0.2) is 6.61 Å². The van der Waals surface area contributed by atoms with Crippen LogP contribution in [0.2, 0.25) is 0 Å². The largest absolute Gasteiger partial charge is 0.482 e. The number of anilines is 1. The number of carbonyl (C=O) groups is 3. The molecular weight excluding hydrogens is 353 g/mol. The first-order valence-corrected chi connectivity index (χ1v) is 8.08. The zero-order valence-electron chi connectivity index (χ0n) is 14.1. The first-order valence-electron chi connectivity index (χ1n) is 8.08. The third-order valence-corrected chi connectivity index (χ3v) is 3.75. The minimum Gasteiger partial charge on any atom is -0.482 e. The van der Waals surface area contributed by atoms with Crippen molar-refractivity contribution < 1.29 is 23.5 Å². The number of fused-ring (bicyclic) bond motifs is 1. The fraction of sp³-hybridized carbons (Fsp3) is 0.105. The average molecular weight is 369 g/mol. The van der Waals surface area contributed by atoms with Crippen molar-refractivity contribution in [1.82, 2.24) is 10.9 Å². The van der Waals surface area contributed by atoms with Crippen molar-refractivity contribution in [2.45, 2.75) is 0 Å². The summed E-state index contributed by atoms with van der Waals surface area (Å²) < 4.78 is 18.8. The number of ether oxygens (including phenoxy) is 1. The van der Waals surface area contributed by atoms with Gasteiger partial charge in [-0.2, -0.15) is 0 Å². The number of carbonyl (C=O) groups excluding carboxylic acids is 3. The lowest BCUT2D eigenvalue weighted by Crippen LogP contribution is -2.49. The second-order valence-electron chi connectivity index (χ2n) is 5.63. The highest BCUT2D eigenvalue weighted by atomic mass is 19.1. The zero-order valence-corrected chi connectivity index (χ0v) is 14.1. The molecule has 0 bridgehead atoms. The van der Waals surface area contributed by atoms with E-state index in [2.05, 4.69) is 10.9 Å². The van der Waals surface area contributed by atoms with Gasteiger partial charge in [-0.25, -0.2) is 4.39 Å². The maximum Gasteiger partial charge on any atom is 0.265 e. The lowest BCUT2D eigenvalue weighted by atomic mass is 10.2. The van der Waals surface area contributed by atoms with Gasteiger partial charge in [0, 0.05) is 11.6 Å². The lowest BCUT2D eigenvalue weighted by Gasteiger charge is -2.28. The third-order valence-electron chi connectivity index (χ3n) is 3.75. The fourth-order valence-electron chi connectivity index (χ4n) is 2.46. The van der Waals surface area contributed by atoms with Crippen LogP contribution in [0.4, 0.5) is 10.1 Å².